The van der Waals surface area contributed by atoms with Crippen molar-refractivity contribution in [1.29, 1.82) is 0 Å². The molecule has 2 rings (SSSR count). The van der Waals surface area contributed by atoms with Gasteiger partial charge in [0.1, 0.15) is 0 Å². The monoisotopic (exact) mass is 458 g/mol. The zero-order valence-electron chi connectivity index (χ0n) is 15.2. The first kappa shape index (κ1) is 21.2. The summed E-state index contributed by atoms with van der Waals surface area (Å²) in [5.74, 6) is 1.89. The predicted octanol–water partition coefficient (Wildman–Crippen LogP) is 2.50. The number of anilines is 1. The summed E-state index contributed by atoms with van der Waals surface area (Å²) in [6.07, 6.45) is 0. The lowest BCUT2D eigenvalue weighted by Crippen LogP contribution is -2.41. The van der Waals surface area contributed by atoms with Crippen molar-refractivity contribution in [3.63, 3.8) is 0 Å². The molecule has 0 bridgehead atoms. The van der Waals surface area contributed by atoms with Crippen molar-refractivity contribution in [2.75, 3.05) is 31.6 Å². The third kappa shape index (κ3) is 6.89. The molecule has 7 nitrogen and oxygen atoms in total. The first-order valence-corrected chi connectivity index (χ1v) is 8.17. The maximum atomic E-state index is 5.07. The van der Waals surface area contributed by atoms with Gasteiger partial charge in [-0.15, -0.1) is 24.0 Å². The van der Waals surface area contributed by atoms with E-state index in [1.54, 1.807) is 14.0 Å². The fourth-order valence-electron chi connectivity index (χ4n) is 2.40. The molecule has 2 aromatic rings. The molecule has 0 amide bonds. The lowest BCUT2D eigenvalue weighted by atomic mass is 10.2. The summed E-state index contributed by atoms with van der Waals surface area (Å²) in [7, 11) is 1.74. The Morgan fingerprint density at radius 3 is 2.68 bits per heavy atom. The number of hydrogen-bond acceptors (Lipinski definition) is 5. The lowest BCUT2D eigenvalue weighted by molar-refractivity contribution is 0.371. The van der Waals surface area contributed by atoms with Crippen LogP contribution in [0.3, 0.4) is 0 Å². The molecular weight excluding hydrogens is 431 g/mol. The molecule has 0 spiro atoms. The van der Waals surface area contributed by atoms with E-state index in [9.17, 15) is 0 Å². The number of aryl methyl sites for hydroxylation is 2. The Hall–Kier alpha value is -1.84. The van der Waals surface area contributed by atoms with Crippen molar-refractivity contribution in [2.24, 2.45) is 4.99 Å². The second kappa shape index (κ2) is 10.9. The number of nitrogens with zero attached hydrogens (tertiary/aromatic N) is 4. The molecule has 0 radical (unpaired) electrons. The van der Waals surface area contributed by atoms with Crippen molar-refractivity contribution >= 4 is 35.6 Å². The van der Waals surface area contributed by atoms with E-state index in [1.165, 1.54) is 11.3 Å². The SMILES string of the molecule is CCN(CCNC(=NC)NCc1nc(C)no1)c1cccc(C)c1.I. The number of aromatic nitrogens is 2. The number of rotatable bonds is 7. The Balaban J connectivity index is 0.00000312. The number of aliphatic imine (C=N–C) groups is 1. The van der Waals surface area contributed by atoms with E-state index >= 15 is 0 Å². The number of likely N-dealkylation sites (N-methyl/N-ethyl adjacent to an activating group) is 1. The highest BCUT2D eigenvalue weighted by molar-refractivity contribution is 14.0. The van der Waals surface area contributed by atoms with Crippen molar-refractivity contribution in [3.05, 3.63) is 41.5 Å². The van der Waals surface area contributed by atoms with Gasteiger partial charge >= 0.3 is 0 Å². The second-order valence-corrected chi connectivity index (χ2v) is 5.51. The summed E-state index contributed by atoms with van der Waals surface area (Å²) < 4.78 is 5.07. The molecule has 0 aliphatic carbocycles. The molecule has 2 N–H and O–H groups in total. The predicted molar refractivity (Wildman–Crippen MR) is 112 cm³/mol. The van der Waals surface area contributed by atoms with E-state index in [4.69, 9.17) is 4.52 Å². The molecular formula is C17H27IN6O. The van der Waals surface area contributed by atoms with Crippen LogP contribution in [0.15, 0.2) is 33.8 Å². The van der Waals surface area contributed by atoms with Gasteiger partial charge in [-0.3, -0.25) is 4.99 Å². The maximum absolute atomic E-state index is 5.07. The molecule has 1 aromatic carbocycles. The van der Waals surface area contributed by atoms with E-state index in [0.29, 0.717) is 24.2 Å². The average molecular weight is 458 g/mol. The Bertz CT molecular complexity index is 673. The van der Waals surface area contributed by atoms with Gasteiger partial charge in [0.25, 0.3) is 0 Å². The summed E-state index contributed by atoms with van der Waals surface area (Å²) >= 11 is 0. The molecule has 8 heteroatoms. The topological polar surface area (TPSA) is 78.6 Å². The fraction of sp³-hybridized carbons (Fsp3) is 0.471. The lowest BCUT2D eigenvalue weighted by Gasteiger charge is -2.24. The zero-order valence-corrected chi connectivity index (χ0v) is 17.6. The van der Waals surface area contributed by atoms with Crippen LogP contribution >= 0.6 is 24.0 Å². The minimum atomic E-state index is 0. The van der Waals surface area contributed by atoms with Crippen LogP contribution in [0.2, 0.25) is 0 Å². The van der Waals surface area contributed by atoms with Crippen LogP contribution in [-0.2, 0) is 6.54 Å². The Morgan fingerprint density at radius 1 is 1.28 bits per heavy atom. The Labute approximate surface area is 166 Å². The zero-order chi connectivity index (χ0) is 17.4. The number of halogens is 1. The summed E-state index contributed by atoms with van der Waals surface area (Å²) in [5, 5.41) is 10.2. The van der Waals surface area contributed by atoms with Crippen LogP contribution in [0.1, 0.15) is 24.2 Å². The van der Waals surface area contributed by atoms with Gasteiger partial charge < -0.3 is 20.1 Å². The third-order valence-electron chi connectivity index (χ3n) is 3.62. The molecule has 25 heavy (non-hydrogen) atoms. The van der Waals surface area contributed by atoms with Crippen molar-refractivity contribution in [2.45, 2.75) is 27.3 Å². The van der Waals surface area contributed by atoms with E-state index < -0.39 is 0 Å². The smallest absolute Gasteiger partial charge is 0.246 e. The molecule has 0 fully saturated rings. The van der Waals surface area contributed by atoms with E-state index in [-0.39, 0.29) is 24.0 Å². The number of hydrogen-bond donors (Lipinski definition) is 2. The van der Waals surface area contributed by atoms with Crippen molar-refractivity contribution in [3.8, 4) is 0 Å². The first-order valence-electron chi connectivity index (χ1n) is 8.17. The van der Waals surface area contributed by atoms with Crippen LogP contribution in [0, 0.1) is 13.8 Å². The molecule has 0 saturated carbocycles. The van der Waals surface area contributed by atoms with E-state index in [0.717, 1.165) is 19.6 Å². The normalized spacial score (nSPS) is 11.0. The molecule has 0 aliphatic heterocycles. The van der Waals surface area contributed by atoms with Crippen LogP contribution in [-0.4, -0.2) is 42.8 Å². The molecule has 0 unspecified atom stereocenters. The first-order chi connectivity index (χ1) is 11.6. The standard InChI is InChI=1S/C17H26N6O.HI/c1-5-23(15-8-6-7-13(2)11-15)10-9-19-17(18-4)20-12-16-21-14(3)22-24-16;/h6-8,11H,5,9-10,12H2,1-4H3,(H2,18,19,20);1H. The molecule has 0 saturated heterocycles. The summed E-state index contributed by atoms with van der Waals surface area (Å²) in [6.45, 7) is 9.15. The van der Waals surface area contributed by atoms with Gasteiger partial charge in [-0.25, -0.2) is 0 Å². The van der Waals surface area contributed by atoms with Gasteiger partial charge in [-0.05, 0) is 38.5 Å². The van der Waals surface area contributed by atoms with Gasteiger partial charge in [0.15, 0.2) is 11.8 Å². The maximum Gasteiger partial charge on any atom is 0.246 e. The van der Waals surface area contributed by atoms with Gasteiger partial charge in [0.2, 0.25) is 5.89 Å². The van der Waals surface area contributed by atoms with Crippen LogP contribution < -0.4 is 15.5 Å². The van der Waals surface area contributed by atoms with Gasteiger partial charge in [-0.2, -0.15) is 4.98 Å². The average Bonchev–Trinajstić information content (AvgIpc) is 3.00. The Kier molecular flexibility index (Phi) is 9.25. The molecule has 138 valence electrons. The highest BCUT2D eigenvalue weighted by Crippen LogP contribution is 2.14. The molecule has 1 aromatic heterocycles. The molecule has 1 heterocycles. The van der Waals surface area contributed by atoms with Crippen LogP contribution in [0.25, 0.3) is 0 Å². The highest BCUT2D eigenvalue weighted by atomic mass is 127. The van der Waals surface area contributed by atoms with Crippen molar-refractivity contribution < 1.29 is 4.52 Å². The van der Waals surface area contributed by atoms with Gasteiger partial charge in [0.05, 0.1) is 6.54 Å². The molecule has 0 aliphatic rings. The van der Waals surface area contributed by atoms with Crippen molar-refractivity contribution in [1.82, 2.24) is 20.8 Å². The van der Waals surface area contributed by atoms with Crippen LogP contribution in [0.4, 0.5) is 5.69 Å². The number of guanidine groups is 1. The largest absolute Gasteiger partial charge is 0.370 e. The van der Waals surface area contributed by atoms with Gasteiger partial charge in [0, 0.05) is 32.4 Å². The Morgan fingerprint density at radius 2 is 2.08 bits per heavy atom. The third-order valence-corrected chi connectivity index (χ3v) is 3.62. The summed E-state index contributed by atoms with van der Waals surface area (Å²) in [5.41, 5.74) is 2.51. The number of benzene rings is 1. The number of nitrogens with one attached hydrogen (secondary N) is 2. The molecule has 0 atom stereocenters. The summed E-state index contributed by atoms with van der Waals surface area (Å²) in [6, 6.07) is 8.55. The van der Waals surface area contributed by atoms with E-state index in [1.807, 2.05) is 0 Å². The minimum absolute atomic E-state index is 0. The minimum Gasteiger partial charge on any atom is -0.370 e. The highest BCUT2D eigenvalue weighted by Gasteiger charge is 2.06. The quantitative estimate of drug-likeness (QED) is 0.377. The van der Waals surface area contributed by atoms with E-state index in [2.05, 4.69) is 68.8 Å². The second-order valence-electron chi connectivity index (χ2n) is 5.51. The fourth-order valence-corrected chi connectivity index (χ4v) is 2.40. The van der Waals surface area contributed by atoms with Crippen LogP contribution in [0.5, 0.6) is 0 Å². The van der Waals surface area contributed by atoms with Gasteiger partial charge in [-0.1, -0.05) is 17.3 Å². The summed E-state index contributed by atoms with van der Waals surface area (Å²) in [4.78, 5) is 10.7.